The molecule has 1 saturated heterocycles. The van der Waals surface area contributed by atoms with Crippen molar-refractivity contribution in [3.8, 4) is 0 Å². The SMILES string of the molecule is CNC(=O)c1nn(CCN2CCOCC2)c2ccccc12. The summed E-state index contributed by atoms with van der Waals surface area (Å²) in [6.45, 7) is 5.20. The number of aromatic nitrogens is 2. The monoisotopic (exact) mass is 288 g/mol. The lowest BCUT2D eigenvalue weighted by atomic mass is 10.2. The number of para-hydroxylation sites is 1. The molecule has 6 nitrogen and oxygen atoms in total. The van der Waals surface area contributed by atoms with Gasteiger partial charge in [-0.1, -0.05) is 18.2 Å². The molecular formula is C15H20N4O2. The molecule has 1 aliphatic heterocycles. The minimum absolute atomic E-state index is 0.142. The van der Waals surface area contributed by atoms with Crippen molar-refractivity contribution in [1.29, 1.82) is 0 Å². The third-order valence-corrected chi connectivity index (χ3v) is 3.83. The Morgan fingerprint density at radius 1 is 1.29 bits per heavy atom. The predicted molar refractivity (Wildman–Crippen MR) is 80.4 cm³/mol. The van der Waals surface area contributed by atoms with Crippen molar-refractivity contribution in [2.24, 2.45) is 0 Å². The van der Waals surface area contributed by atoms with Crippen LogP contribution in [0.3, 0.4) is 0 Å². The van der Waals surface area contributed by atoms with Gasteiger partial charge in [-0.2, -0.15) is 5.10 Å². The first-order chi connectivity index (χ1) is 10.3. The van der Waals surface area contributed by atoms with Crippen molar-refractivity contribution in [2.75, 3.05) is 39.9 Å². The Hall–Kier alpha value is -1.92. The standard InChI is InChI=1S/C15H20N4O2/c1-16-15(20)14-12-4-2-3-5-13(12)19(17-14)7-6-18-8-10-21-11-9-18/h2-5H,6-11H2,1H3,(H,16,20). The van der Waals surface area contributed by atoms with E-state index in [1.54, 1.807) is 7.05 Å². The molecule has 2 aromatic rings. The zero-order valence-electron chi connectivity index (χ0n) is 12.2. The van der Waals surface area contributed by atoms with E-state index >= 15 is 0 Å². The fourth-order valence-electron chi connectivity index (χ4n) is 2.64. The Morgan fingerprint density at radius 2 is 2.05 bits per heavy atom. The lowest BCUT2D eigenvalue weighted by molar-refractivity contribution is 0.0361. The van der Waals surface area contributed by atoms with Crippen LogP contribution in [0.2, 0.25) is 0 Å². The Labute approximate surface area is 123 Å². The summed E-state index contributed by atoms with van der Waals surface area (Å²) in [7, 11) is 1.63. The first kappa shape index (κ1) is 14.0. The van der Waals surface area contributed by atoms with E-state index in [9.17, 15) is 4.79 Å². The smallest absolute Gasteiger partial charge is 0.272 e. The van der Waals surface area contributed by atoms with Crippen molar-refractivity contribution < 1.29 is 9.53 Å². The highest BCUT2D eigenvalue weighted by molar-refractivity contribution is 6.04. The zero-order valence-corrected chi connectivity index (χ0v) is 12.2. The minimum Gasteiger partial charge on any atom is -0.379 e. The number of hydrogen-bond donors (Lipinski definition) is 1. The largest absolute Gasteiger partial charge is 0.379 e. The van der Waals surface area contributed by atoms with Crippen molar-refractivity contribution in [3.63, 3.8) is 0 Å². The van der Waals surface area contributed by atoms with Gasteiger partial charge in [0.05, 0.1) is 25.3 Å². The lowest BCUT2D eigenvalue weighted by Crippen LogP contribution is -2.38. The third-order valence-electron chi connectivity index (χ3n) is 3.83. The molecule has 0 atom stereocenters. The maximum absolute atomic E-state index is 11.9. The molecule has 112 valence electrons. The Kier molecular flexibility index (Phi) is 4.17. The van der Waals surface area contributed by atoms with Crippen LogP contribution >= 0.6 is 0 Å². The van der Waals surface area contributed by atoms with Crippen LogP contribution in [-0.4, -0.2) is 60.5 Å². The molecule has 1 aromatic carbocycles. The molecule has 3 rings (SSSR count). The van der Waals surface area contributed by atoms with Crippen LogP contribution in [0, 0.1) is 0 Å². The van der Waals surface area contributed by atoms with Crippen LogP contribution in [0.1, 0.15) is 10.5 Å². The van der Waals surface area contributed by atoms with Gasteiger partial charge in [0.15, 0.2) is 5.69 Å². The van der Waals surface area contributed by atoms with Crippen LogP contribution in [-0.2, 0) is 11.3 Å². The van der Waals surface area contributed by atoms with Crippen LogP contribution in [0.4, 0.5) is 0 Å². The summed E-state index contributed by atoms with van der Waals surface area (Å²) in [5.41, 5.74) is 1.50. The van der Waals surface area contributed by atoms with Crippen LogP contribution < -0.4 is 5.32 Å². The Bertz CT molecular complexity index is 632. The fraction of sp³-hybridized carbons (Fsp3) is 0.467. The molecule has 0 aliphatic carbocycles. The van der Waals surface area contributed by atoms with E-state index in [1.165, 1.54) is 0 Å². The maximum atomic E-state index is 11.9. The second kappa shape index (κ2) is 6.24. The zero-order chi connectivity index (χ0) is 14.7. The van der Waals surface area contributed by atoms with Crippen molar-refractivity contribution >= 4 is 16.8 Å². The number of benzene rings is 1. The van der Waals surface area contributed by atoms with Gasteiger partial charge >= 0.3 is 0 Å². The number of hydrogen-bond acceptors (Lipinski definition) is 4. The molecule has 6 heteroatoms. The van der Waals surface area contributed by atoms with E-state index in [0.717, 1.165) is 50.3 Å². The molecule has 0 saturated carbocycles. The molecule has 1 amide bonds. The average molecular weight is 288 g/mol. The average Bonchev–Trinajstić information content (AvgIpc) is 2.92. The molecule has 2 heterocycles. The van der Waals surface area contributed by atoms with E-state index in [4.69, 9.17) is 4.74 Å². The van der Waals surface area contributed by atoms with Crippen molar-refractivity contribution in [1.82, 2.24) is 20.0 Å². The summed E-state index contributed by atoms with van der Waals surface area (Å²) in [6.07, 6.45) is 0. The molecule has 1 fully saturated rings. The predicted octanol–water partition coefficient (Wildman–Crippen LogP) is 0.728. The van der Waals surface area contributed by atoms with E-state index in [-0.39, 0.29) is 5.91 Å². The van der Waals surface area contributed by atoms with Crippen LogP contribution in [0.5, 0.6) is 0 Å². The number of nitrogens with zero attached hydrogens (tertiary/aromatic N) is 3. The second-order valence-electron chi connectivity index (χ2n) is 5.12. The lowest BCUT2D eigenvalue weighted by Gasteiger charge is -2.26. The summed E-state index contributed by atoms with van der Waals surface area (Å²) in [5.74, 6) is -0.142. The molecule has 1 aromatic heterocycles. The summed E-state index contributed by atoms with van der Waals surface area (Å²) < 4.78 is 7.28. The van der Waals surface area contributed by atoms with E-state index in [2.05, 4.69) is 15.3 Å². The molecular weight excluding hydrogens is 268 g/mol. The number of morpholine rings is 1. The summed E-state index contributed by atoms with van der Waals surface area (Å²) >= 11 is 0. The van der Waals surface area contributed by atoms with Gasteiger partial charge in [0.1, 0.15) is 0 Å². The highest BCUT2D eigenvalue weighted by atomic mass is 16.5. The van der Waals surface area contributed by atoms with E-state index in [1.807, 2.05) is 28.9 Å². The molecule has 0 radical (unpaired) electrons. The molecule has 1 aliphatic rings. The number of rotatable bonds is 4. The van der Waals surface area contributed by atoms with Gasteiger partial charge in [0.25, 0.3) is 5.91 Å². The van der Waals surface area contributed by atoms with Gasteiger partial charge in [-0.25, -0.2) is 0 Å². The molecule has 1 N–H and O–H groups in total. The van der Waals surface area contributed by atoms with Gasteiger partial charge < -0.3 is 10.1 Å². The maximum Gasteiger partial charge on any atom is 0.272 e. The van der Waals surface area contributed by atoms with E-state index < -0.39 is 0 Å². The fourth-order valence-corrected chi connectivity index (χ4v) is 2.64. The van der Waals surface area contributed by atoms with Gasteiger partial charge in [0, 0.05) is 32.1 Å². The molecule has 21 heavy (non-hydrogen) atoms. The quantitative estimate of drug-likeness (QED) is 0.901. The first-order valence-corrected chi connectivity index (χ1v) is 7.27. The topological polar surface area (TPSA) is 59.4 Å². The molecule has 0 spiro atoms. The number of nitrogens with one attached hydrogen (secondary N) is 1. The van der Waals surface area contributed by atoms with Crippen LogP contribution in [0.25, 0.3) is 10.9 Å². The van der Waals surface area contributed by atoms with Crippen LogP contribution in [0.15, 0.2) is 24.3 Å². The summed E-state index contributed by atoms with van der Waals surface area (Å²) in [6, 6.07) is 7.86. The van der Waals surface area contributed by atoms with Gasteiger partial charge in [-0.15, -0.1) is 0 Å². The molecule has 0 bridgehead atoms. The van der Waals surface area contributed by atoms with Gasteiger partial charge in [0.2, 0.25) is 0 Å². The number of ether oxygens (including phenoxy) is 1. The summed E-state index contributed by atoms with van der Waals surface area (Å²) in [5, 5.41) is 8.04. The Balaban J connectivity index is 1.82. The number of carbonyl (C=O) groups is 1. The molecule has 0 unspecified atom stereocenters. The number of amides is 1. The Morgan fingerprint density at radius 3 is 2.81 bits per heavy atom. The third kappa shape index (κ3) is 2.91. The minimum atomic E-state index is -0.142. The van der Waals surface area contributed by atoms with Gasteiger partial charge in [-0.05, 0) is 6.07 Å². The second-order valence-corrected chi connectivity index (χ2v) is 5.12. The first-order valence-electron chi connectivity index (χ1n) is 7.27. The number of fused-ring (bicyclic) bond motifs is 1. The summed E-state index contributed by atoms with van der Waals surface area (Å²) in [4.78, 5) is 14.3. The normalized spacial score (nSPS) is 16.2. The van der Waals surface area contributed by atoms with E-state index in [0.29, 0.717) is 5.69 Å². The number of carbonyl (C=O) groups excluding carboxylic acids is 1. The highest BCUT2D eigenvalue weighted by Crippen LogP contribution is 2.18. The van der Waals surface area contributed by atoms with Crippen molar-refractivity contribution in [2.45, 2.75) is 6.54 Å². The highest BCUT2D eigenvalue weighted by Gasteiger charge is 2.16. The van der Waals surface area contributed by atoms with Gasteiger partial charge in [-0.3, -0.25) is 14.4 Å². The van der Waals surface area contributed by atoms with Crippen molar-refractivity contribution in [3.05, 3.63) is 30.0 Å².